The van der Waals surface area contributed by atoms with Gasteiger partial charge >= 0.3 is 0 Å². The summed E-state index contributed by atoms with van der Waals surface area (Å²) in [5.41, 5.74) is 8.24. The van der Waals surface area contributed by atoms with Crippen molar-refractivity contribution < 1.29 is 9.18 Å². The van der Waals surface area contributed by atoms with Crippen molar-refractivity contribution in [2.24, 2.45) is 10.7 Å². The Morgan fingerprint density at radius 1 is 1.21 bits per heavy atom. The molecular formula is C21H16FN5O. The molecule has 0 aliphatic rings. The number of rotatable bonds is 4. The molecule has 4 aromatic rings. The number of carbonyl (C=O) groups is 1. The van der Waals surface area contributed by atoms with Crippen LogP contribution in [0.25, 0.3) is 22.1 Å². The topological polar surface area (TPSA) is 85.6 Å². The van der Waals surface area contributed by atoms with E-state index in [1.807, 2.05) is 12.1 Å². The molecule has 0 spiro atoms. The lowest BCUT2D eigenvalue weighted by Gasteiger charge is -2.07. The molecule has 7 heteroatoms. The van der Waals surface area contributed by atoms with Gasteiger partial charge in [0.15, 0.2) is 11.5 Å². The Hall–Kier alpha value is -3.87. The van der Waals surface area contributed by atoms with E-state index in [4.69, 9.17) is 5.73 Å². The lowest BCUT2D eigenvalue weighted by Crippen LogP contribution is -2.07. The maximum Gasteiger partial charge on any atom is 0.211 e. The maximum absolute atomic E-state index is 14.6. The van der Waals surface area contributed by atoms with Crippen LogP contribution in [0.15, 0.2) is 66.2 Å². The number of hydrogen-bond acceptors (Lipinski definition) is 5. The Bertz CT molecular complexity index is 1270. The quantitative estimate of drug-likeness (QED) is 0.439. The zero-order chi connectivity index (χ0) is 19.7. The van der Waals surface area contributed by atoms with Crippen LogP contribution in [0.1, 0.15) is 21.6 Å². The van der Waals surface area contributed by atoms with Crippen LogP contribution in [0, 0.1) is 5.82 Å². The minimum Gasteiger partial charge on any atom is -0.404 e. The first-order chi connectivity index (χ1) is 13.6. The summed E-state index contributed by atoms with van der Waals surface area (Å²) in [5, 5.41) is 0.849. The van der Waals surface area contributed by atoms with Gasteiger partial charge in [-0.15, -0.1) is 0 Å². The highest BCUT2D eigenvalue weighted by atomic mass is 19.1. The van der Waals surface area contributed by atoms with Crippen LogP contribution < -0.4 is 5.73 Å². The number of nitrogens with zero attached hydrogens (tertiary/aromatic N) is 4. The van der Waals surface area contributed by atoms with Crippen LogP contribution in [0.3, 0.4) is 0 Å². The molecule has 0 radical (unpaired) electrons. The minimum absolute atomic E-state index is 0.0689. The van der Waals surface area contributed by atoms with Crippen molar-refractivity contribution >= 4 is 34.1 Å². The molecule has 28 heavy (non-hydrogen) atoms. The van der Waals surface area contributed by atoms with Gasteiger partial charge in [0.1, 0.15) is 5.69 Å². The fraction of sp³-hybridized carbons (Fsp3) is 0.0476. The average molecular weight is 373 g/mol. The van der Waals surface area contributed by atoms with Gasteiger partial charge in [0, 0.05) is 53.9 Å². The van der Waals surface area contributed by atoms with Crippen LogP contribution in [0.5, 0.6) is 0 Å². The highest BCUT2D eigenvalue weighted by Crippen LogP contribution is 2.21. The summed E-state index contributed by atoms with van der Waals surface area (Å²) in [7, 11) is 1.60. The van der Waals surface area contributed by atoms with Gasteiger partial charge in [-0.05, 0) is 30.3 Å². The van der Waals surface area contributed by atoms with E-state index in [1.165, 1.54) is 29.1 Å². The smallest absolute Gasteiger partial charge is 0.211 e. The zero-order valence-corrected chi connectivity index (χ0v) is 15.0. The number of allylic oxidation sites excluding steroid dienone is 1. The van der Waals surface area contributed by atoms with Gasteiger partial charge in [-0.1, -0.05) is 6.07 Å². The molecule has 0 aliphatic heterocycles. The zero-order valence-electron chi connectivity index (χ0n) is 15.0. The van der Waals surface area contributed by atoms with E-state index in [0.717, 1.165) is 10.9 Å². The normalized spacial score (nSPS) is 12.3. The average Bonchev–Trinajstić information content (AvgIpc) is 3.15. The van der Waals surface area contributed by atoms with E-state index in [9.17, 15) is 9.18 Å². The molecule has 0 unspecified atom stereocenters. The van der Waals surface area contributed by atoms with Crippen LogP contribution in [-0.2, 0) is 0 Å². The Labute approximate surface area is 159 Å². The Morgan fingerprint density at radius 3 is 2.86 bits per heavy atom. The lowest BCUT2D eigenvalue weighted by atomic mass is 10.1. The Morgan fingerprint density at radius 2 is 2.07 bits per heavy atom. The predicted octanol–water partition coefficient (Wildman–Crippen LogP) is 3.25. The Kier molecular flexibility index (Phi) is 4.41. The van der Waals surface area contributed by atoms with Gasteiger partial charge in [0.25, 0.3) is 0 Å². The molecule has 0 saturated heterocycles. The molecule has 2 N–H and O–H groups in total. The molecule has 3 aromatic heterocycles. The number of aromatic nitrogens is 3. The summed E-state index contributed by atoms with van der Waals surface area (Å²) in [6.07, 6.45) is 7.55. The number of imidazole rings is 1. The number of fused-ring (bicyclic) bond motifs is 2. The number of nitrogens with two attached hydrogens (primary N) is 1. The Balaban J connectivity index is 1.85. The fourth-order valence-corrected chi connectivity index (χ4v) is 3.09. The molecule has 3 heterocycles. The van der Waals surface area contributed by atoms with Crippen molar-refractivity contribution in [2.75, 3.05) is 7.05 Å². The lowest BCUT2D eigenvalue weighted by molar-refractivity contribution is 0.103. The molecule has 0 bridgehead atoms. The van der Waals surface area contributed by atoms with E-state index < -0.39 is 5.82 Å². The molecule has 0 aliphatic carbocycles. The molecule has 1 aromatic carbocycles. The summed E-state index contributed by atoms with van der Waals surface area (Å²) in [6, 6.07) is 10.3. The summed E-state index contributed by atoms with van der Waals surface area (Å²) < 4.78 is 16.0. The van der Waals surface area contributed by atoms with Crippen molar-refractivity contribution in [1.82, 2.24) is 14.4 Å². The first-order valence-corrected chi connectivity index (χ1v) is 8.53. The van der Waals surface area contributed by atoms with Gasteiger partial charge in [-0.25, -0.2) is 9.37 Å². The number of carbonyl (C=O) groups excluding carboxylic acids is 1. The number of hydrogen-bond donors (Lipinski definition) is 1. The van der Waals surface area contributed by atoms with E-state index >= 15 is 0 Å². The molecule has 4 rings (SSSR count). The monoisotopic (exact) mass is 373 g/mol. The summed E-state index contributed by atoms with van der Waals surface area (Å²) in [6.45, 7) is 0. The molecule has 6 nitrogen and oxygen atoms in total. The number of aliphatic imine (C=N–C) groups is 1. The molecular weight excluding hydrogens is 357 g/mol. The van der Waals surface area contributed by atoms with E-state index in [1.54, 1.807) is 37.6 Å². The SMILES string of the molecule is CN=C/C(=C\N)c1cc(F)c2ncc(C(=O)c3ccc4ncccc4c3)n2c1. The number of pyridine rings is 2. The van der Waals surface area contributed by atoms with Crippen LogP contribution >= 0.6 is 0 Å². The standard InChI is InChI=1S/C21H16FN5O/c1-24-10-16(9-23)15-8-17(22)21-26-11-19(27(21)12-15)20(28)14-4-5-18-13(7-14)3-2-6-25-18/h2-12H,23H2,1H3/b16-9+,24-10?. The highest BCUT2D eigenvalue weighted by molar-refractivity contribution is 6.11. The molecule has 138 valence electrons. The number of benzene rings is 1. The second kappa shape index (κ2) is 7.03. The van der Waals surface area contributed by atoms with Gasteiger partial charge in [-0.2, -0.15) is 0 Å². The largest absolute Gasteiger partial charge is 0.404 e. The van der Waals surface area contributed by atoms with Gasteiger partial charge in [-0.3, -0.25) is 19.2 Å². The van der Waals surface area contributed by atoms with Gasteiger partial charge in [0.05, 0.1) is 11.7 Å². The third-order valence-electron chi connectivity index (χ3n) is 4.44. The minimum atomic E-state index is -0.553. The van der Waals surface area contributed by atoms with Crippen molar-refractivity contribution in [2.45, 2.75) is 0 Å². The molecule has 0 amide bonds. The second-order valence-electron chi connectivity index (χ2n) is 6.16. The maximum atomic E-state index is 14.6. The fourth-order valence-electron chi connectivity index (χ4n) is 3.09. The van der Waals surface area contributed by atoms with E-state index in [-0.39, 0.29) is 17.1 Å². The van der Waals surface area contributed by atoms with Crippen LogP contribution in [0.4, 0.5) is 4.39 Å². The van der Waals surface area contributed by atoms with Crippen LogP contribution in [0.2, 0.25) is 0 Å². The third kappa shape index (κ3) is 2.92. The summed E-state index contributed by atoms with van der Waals surface area (Å²) in [4.78, 5) is 25.3. The van der Waals surface area contributed by atoms with Crippen molar-refractivity contribution in [1.29, 1.82) is 0 Å². The molecule has 0 saturated carbocycles. The first-order valence-electron chi connectivity index (χ1n) is 8.53. The highest BCUT2D eigenvalue weighted by Gasteiger charge is 2.18. The predicted molar refractivity (Wildman–Crippen MR) is 107 cm³/mol. The van der Waals surface area contributed by atoms with E-state index in [0.29, 0.717) is 16.7 Å². The van der Waals surface area contributed by atoms with Crippen molar-refractivity contribution in [3.05, 3.63) is 83.8 Å². The number of ketones is 1. The summed E-state index contributed by atoms with van der Waals surface area (Å²) >= 11 is 0. The molecule has 0 atom stereocenters. The third-order valence-corrected chi connectivity index (χ3v) is 4.44. The van der Waals surface area contributed by atoms with Crippen molar-refractivity contribution in [3.63, 3.8) is 0 Å². The molecule has 0 fully saturated rings. The van der Waals surface area contributed by atoms with Crippen molar-refractivity contribution in [3.8, 4) is 0 Å². The number of halogens is 1. The second-order valence-corrected chi connectivity index (χ2v) is 6.16. The van der Waals surface area contributed by atoms with E-state index in [2.05, 4.69) is 15.0 Å². The summed E-state index contributed by atoms with van der Waals surface area (Å²) in [5.74, 6) is -0.819. The van der Waals surface area contributed by atoms with Gasteiger partial charge in [0.2, 0.25) is 5.78 Å². The van der Waals surface area contributed by atoms with Gasteiger partial charge < -0.3 is 5.73 Å². The van der Waals surface area contributed by atoms with Crippen LogP contribution in [-0.4, -0.2) is 33.4 Å². The first kappa shape index (κ1) is 17.5.